The Labute approximate surface area is 158 Å². The van der Waals surface area contributed by atoms with Crippen molar-refractivity contribution in [3.8, 4) is 0 Å². The highest BCUT2D eigenvalue weighted by molar-refractivity contribution is 7.29. The van der Waals surface area contributed by atoms with Gasteiger partial charge in [0.05, 0.1) is 22.8 Å². The number of ether oxygens (including phenoxy) is 1. The molecule has 3 aromatic rings. The maximum Gasteiger partial charge on any atom is 0.265 e. The first kappa shape index (κ1) is 17.1. The summed E-state index contributed by atoms with van der Waals surface area (Å²) in [5, 5.41) is 3.85. The van der Waals surface area contributed by atoms with Gasteiger partial charge in [0.2, 0.25) is 0 Å². The number of thiophene rings is 1. The Kier molecular flexibility index (Phi) is 4.71. The van der Waals surface area contributed by atoms with Crippen molar-refractivity contribution >= 4 is 54.7 Å². The number of ketones is 1. The number of thiazole rings is 1. The van der Waals surface area contributed by atoms with E-state index >= 15 is 0 Å². The van der Waals surface area contributed by atoms with E-state index in [2.05, 4.69) is 15.2 Å². The first-order valence-corrected chi connectivity index (χ1v) is 9.89. The van der Waals surface area contributed by atoms with Crippen LogP contribution in [0.2, 0.25) is 0 Å². The van der Waals surface area contributed by atoms with Gasteiger partial charge in [-0.25, -0.2) is 4.98 Å². The summed E-state index contributed by atoms with van der Waals surface area (Å²) in [5.74, 6) is -0.160. The van der Waals surface area contributed by atoms with Crippen molar-refractivity contribution in [2.45, 2.75) is 6.92 Å². The molecule has 0 unspecified atom stereocenters. The molecule has 0 saturated carbocycles. The van der Waals surface area contributed by atoms with Crippen molar-refractivity contribution in [3.63, 3.8) is 0 Å². The van der Waals surface area contributed by atoms with Gasteiger partial charge in [-0.05, 0) is 37.3 Å². The van der Waals surface area contributed by atoms with Crippen LogP contribution >= 0.6 is 22.7 Å². The summed E-state index contributed by atoms with van der Waals surface area (Å²) in [6.07, 6.45) is 0. The molecule has 26 heavy (non-hydrogen) atoms. The predicted molar refractivity (Wildman–Crippen MR) is 105 cm³/mol. The maximum absolute atomic E-state index is 12.5. The van der Waals surface area contributed by atoms with Crippen molar-refractivity contribution in [1.29, 1.82) is 0 Å². The van der Waals surface area contributed by atoms with Crippen LogP contribution < -0.4 is 10.2 Å². The molecule has 0 aliphatic carbocycles. The van der Waals surface area contributed by atoms with Crippen LogP contribution in [0.5, 0.6) is 0 Å². The molecule has 1 fully saturated rings. The number of anilines is 2. The number of nitrogens with one attached hydrogen (secondary N) is 1. The fourth-order valence-corrected chi connectivity index (χ4v) is 4.86. The van der Waals surface area contributed by atoms with Crippen molar-refractivity contribution in [1.82, 2.24) is 4.98 Å². The van der Waals surface area contributed by atoms with E-state index in [1.165, 1.54) is 18.3 Å². The number of nitrogens with zero attached hydrogens (tertiary/aromatic N) is 2. The van der Waals surface area contributed by atoms with E-state index in [9.17, 15) is 9.59 Å². The normalized spacial score (nSPS) is 14.6. The lowest BCUT2D eigenvalue weighted by molar-refractivity contribution is 0.101. The lowest BCUT2D eigenvalue weighted by atomic mass is 10.1. The Morgan fingerprint density at radius 2 is 1.88 bits per heavy atom. The minimum Gasteiger partial charge on any atom is -0.378 e. The number of hydrogen-bond acceptors (Lipinski definition) is 7. The number of benzene rings is 1. The molecule has 0 atom stereocenters. The lowest BCUT2D eigenvalue weighted by Gasteiger charge is -2.25. The third-order valence-corrected chi connectivity index (χ3v) is 6.35. The second-order valence-corrected chi connectivity index (χ2v) is 8.00. The number of fused-ring (bicyclic) bond motifs is 1. The Morgan fingerprint density at radius 3 is 2.54 bits per heavy atom. The molecule has 0 spiro atoms. The van der Waals surface area contributed by atoms with Gasteiger partial charge in [0.25, 0.3) is 5.91 Å². The van der Waals surface area contributed by atoms with Crippen molar-refractivity contribution in [2.24, 2.45) is 0 Å². The Hall–Kier alpha value is -2.29. The Morgan fingerprint density at radius 1 is 1.15 bits per heavy atom. The van der Waals surface area contributed by atoms with E-state index in [0.717, 1.165) is 41.0 Å². The highest BCUT2D eigenvalue weighted by Crippen LogP contribution is 2.35. The first-order chi connectivity index (χ1) is 12.6. The van der Waals surface area contributed by atoms with E-state index in [-0.39, 0.29) is 11.7 Å². The lowest BCUT2D eigenvalue weighted by Crippen LogP contribution is -2.36. The number of Topliss-reactive ketones (excluding diaryl/α,β-unsaturated/α-hetero) is 1. The van der Waals surface area contributed by atoms with Crippen LogP contribution in [0, 0.1) is 0 Å². The van der Waals surface area contributed by atoms with Crippen molar-refractivity contribution in [3.05, 3.63) is 40.8 Å². The molecule has 1 N–H and O–H groups in total. The summed E-state index contributed by atoms with van der Waals surface area (Å²) in [4.78, 5) is 32.2. The third-order valence-electron chi connectivity index (χ3n) is 4.13. The van der Waals surface area contributed by atoms with Gasteiger partial charge < -0.3 is 15.0 Å². The third kappa shape index (κ3) is 3.48. The van der Waals surface area contributed by atoms with Crippen LogP contribution in [0.25, 0.3) is 9.53 Å². The molecule has 8 heteroatoms. The summed E-state index contributed by atoms with van der Waals surface area (Å²) >= 11 is 3.00. The molecular weight excluding hydrogens is 370 g/mol. The second-order valence-electron chi connectivity index (χ2n) is 5.96. The zero-order valence-electron chi connectivity index (χ0n) is 14.2. The topological polar surface area (TPSA) is 71.5 Å². The van der Waals surface area contributed by atoms with E-state index in [1.54, 1.807) is 35.6 Å². The van der Waals surface area contributed by atoms with E-state index < -0.39 is 0 Å². The number of hydrogen-bond donors (Lipinski definition) is 1. The van der Waals surface area contributed by atoms with Crippen LogP contribution in [0.1, 0.15) is 27.0 Å². The summed E-state index contributed by atoms with van der Waals surface area (Å²) < 4.78 is 6.39. The molecule has 4 rings (SSSR count). The fraction of sp³-hybridized carbons (Fsp3) is 0.278. The van der Waals surface area contributed by atoms with Gasteiger partial charge in [0.15, 0.2) is 10.9 Å². The number of morpholine rings is 1. The molecule has 1 aliphatic rings. The summed E-state index contributed by atoms with van der Waals surface area (Å²) in [6, 6.07) is 8.78. The average Bonchev–Trinajstić information content (AvgIpc) is 3.22. The molecule has 1 amide bonds. The molecule has 3 heterocycles. The van der Waals surface area contributed by atoms with E-state index in [4.69, 9.17) is 4.74 Å². The second kappa shape index (κ2) is 7.14. The quantitative estimate of drug-likeness (QED) is 0.692. The van der Waals surface area contributed by atoms with Gasteiger partial charge in [-0.3, -0.25) is 9.59 Å². The number of rotatable bonds is 4. The van der Waals surface area contributed by atoms with Crippen LogP contribution in [0.3, 0.4) is 0 Å². The van der Waals surface area contributed by atoms with E-state index in [1.807, 2.05) is 6.07 Å². The zero-order chi connectivity index (χ0) is 18.1. The fourth-order valence-electron chi connectivity index (χ4n) is 2.71. The molecule has 1 saturated heterocycles. The molecule has 2 aromatic heterocycles. The van der Waals surface area contributed by atoms with Gasteiger partial charge >= 0.3 is 0 Å². The molecule has 1 aromatic carbocycles. The number of carbonyl (C=O) groups is 2. The van der Waals surface area contributed by atoms with Crippen molar-refractivity contribution < 1.29 is 14.3 Å². The molecule has 0 radical (unpaired) electrons. The number of amides is 1. The highest BCUT2D eigenvalue weighted by atomic mass is 32.1. The van der Waals surface area contributed by atoms with Gasteiger partial charge in [-0.1, -0.05) is 11.3 Å². The maximum atomic E-state index is 12.5. The van der Waals surface area contributed by atoms with Gasteiger partial charge in [-0.15, -0.1) is 11.3 Å². The van der Waals surface area contributed by atoms with Crippen LogP contribution in [0.4, 0.5) is 10.8 Å². The van der Waals surface area contributed by atoms with Crippen molar-refractivity contribution in [2.75, 3.05) is 36.5 Å². The minimum absolute atomic E-state index is 0.00326. The predicted octanol–water partition coefficient (Wildman–Crippen LogP) is 3.65. The molecule has 1 aliphatic heterocycles. The Bertz CT molecular complexity index is 924. The summed E-state index contributed by atoms with van der Waals surface area (Å²) in [5.41, 5.74) is 1.29. The molecule has 6 nitrogen and oxygen atoms in total. The number of carbonyl (C=O) groups excluding carboxylic acids is 2. The van der Waals surface area contributed by atoms with Crippen LogP contribution in [0.15, 0.2) is 30.3 Å². The van der Waals surface area contributed by atoms with Gasteiger partial charge in [0.1, 0.15) is 4.83 Å². The summed E-state index contributed by atoms with van der Waals surface area (Å²) in [7, 11) is 0. The molecule has 134 valence electrons. The molecule has 0 bridgehead atoms. The molecular formula is C18H17N3O3S2. The Balaban J connectivity index is 1.48. The highest BCUT2D eigenvalue weighted by Gasteiger charge is 2.18. The standard InChI is InChI=1S/C18H17N3O3S2/c1-11(22)12-2-4-13(5-3-12)19-16(23)14-10-15-17(25-14)20-18(26-15)21-6-8-24-9-7-21/h2-5,10H,6-9H2,1H3,(H,19,23). The summed E-state index contributed by atoms with van der Waals surface area (Å²) in [6.45, 7) is 4.67. The number of aromatic nitrogens is 1. The van der Waals surface area contributed by atoms with E-state index in [0.29, 0.717) is 16.1 Å². The minimum atomic E-state index is -0.163. The SMILES string of the molecule is CC(=O)c1ccc(NC(=O)c2cc3sc(N4CCOCC4)nc3s2)cc1. The zero-order valence-corrected chi connectivity index (χ0v) is 15.8. The monoisotopic (exact) mass is 387 g/mol. The first-order valence-electron chi connectivity index (χ1n) is 8.25. The van der Waals surface area contributed by atoms with Crippen LogP contribution in [-0.2, 0) is 4.74 Å². The average molecular weight is 387 g/mol. The van der Waals surface area contributed by atoms with Gasteiger partial charge in [-0.2, -0.15) is 0 Å². The van der Waals surface area contributed by atoms with Gasteiger partial charge in [0, 0.05) is 24.3 Å². The van der Waals surface area contributed by atoms with Crippen LogP contribution in [-0.4, -0.2) is 43.0 Å². The smallest absolute Gasteiger partial charge is 0.265 e. The largest absolute Gasteiger partial charge is 0.378 e.